The average molecular weight is 725 g/mol. The van der Waals surface area contributed by atoms with Gasteiger partial charge in [0.25, 0.3) is 0 Å². The highest BCUT2D eigenvalue weighted by atomic mass is 16.2. The predicted octanol–water partition coefficient (Wildman–Crippen LogP) is 7.14. The summed E-state index contributed by atoms with van der Waals surface area (Å²) < 4.78 is 0. The van der Waals surface area contributed by atoms with Gasteiger partial charge in [0.1, 0.15) is 12.9 Å². The number of hydrogen-bond acceptors (Lipinski definition) is 8. The fourth-order valence-electron chi connectivity index (χ4n) is 5.62. The van der Waals surface area contributed by atoms with E-state index in [4.69, 9.17) is 5.73 Å². The van der Waals surface area contributed by atoms with Gasteiger partial charge in [-0.25, -0.2) is 9.97 Å². The van der Waals surface area contributed by atoms with E-state index in [0.717, 1.165) is 70.3 Å². The van der Waals surface area contributed by atoms with Gasteiger partial charge in [0.15, 0.2) is 0 Å². The molecule has 278 valence electrons. The molecule has 5 aromatic rings. The highest BCUT2D eigenvalue weighted by molar-refractivity contribution is 6.00. The predicted molar refractivity (Wildman–Crippen MR) is 221 cm³/mol. The number of carbonyl (C=O) groups is 3. The molecule has 1 aliphatic heterocycles. The van der Waals surface area contributed by atoms with Crippen LogP contribution in [-0.2, 0) is 14.4 Å². The molecule has 0 atom stereocenters. The summed E-state index contributed by atoms with van der Waals surface area (Å²) in [5.74, 6) is -0.555. The molecule has 11 nitrogen and oxygen atoms in total. The van der Waals surface area contributed by atoms with Crippen LogP contribution in [-0.4, -0.2) is 71.5 Å². The summed E-state index contributed by atoms with van der Waals surface area (Å²) >= 11 is 0. The highest BCUT2D eigenvalue weighted by Crippen LogP contribution is 2.27. The van der Waals surface area contributed by atoms with Crippen molar-refractivity contribution in [1.29, 1.82) is 0 Å². The largest absolute Gasteiger partial charge is 0.398 e. The first-order chi connectivity index (χ1) is 26.2. The molecule has 0 saturated carbocycles. The van der Waals surface area contributed by atoms with E-state index in [1.54, 1.807) is 12.4 Å². The average Bonchev–Trinajstić information content (AvgIpc) is 3.20. The van der Waals surface area contributed by atoms with Crippen molar-refractivity contribution in [3.05, 3.63) is 128 Å². The third kappa shape index (κ3) is 12.1. The van der Waals surface area contributed by atoms with Crippen molar-refractivity contribution in [2.24, 2.45) is 4.99 Å². The first kappa shape index (κ1) is 40.3. The summed E-state index contributed by atoms with van der Waals surface area (Å²) in [4.78, 5) is 49.8. The molecule has 0 spiro atoms. The quantitative estimate of drug-likeness (QED) is 0.0678. The van der Waals surface area contributed by atoms with Crippen LogP contribution >= 0.6 is 0 Å². The van der Waals surface area contributed by atoms with Crippen LogP contribution in [0.3, 0.4) is 0 Å². The van der Waals surface area contributed by atoms with Gasteiger partial charge in [-0.3, -0.25) is 19.4 Å². The number of likely N-dealkylation sites (tertiary alicyclic amines) is 1. The van der Waals surface area contributed by atoms with E-state index in [-0.39, 0.29) is 30.3 Å². The summed E-state index contributed by atoms with van der Waals surface area (Å²) in [6.45, 7) is 13.0. The maximum Gasteiger partial charge on any atom is 0.247 e. The van der Waals surface area contributed by atoms with Crippen LogP contribution in [0.5, 0.6) is 0 Å². The number of piperidine rings is 1. The van der Waals surface area contributed by atoms with Crippen molar-refractivity contribution in [3.63, 3.8) is 0 Å². The molecule has 5 N–H and O–H groups in total. The van der Waals surface area contributed by atoms with Gasteiger partial charge in [-0.1, -0.05) is 75.5 Å². The van der Waals surface area contributed by atoms with Gasteiger partial charge in [-0.2, -0.15) is 0 Å². The van der Waals surface area contributed by atoms with Gasteiger partial charge in [0.2, 0.25) is 17.7 Å². The van der Waals surface area contributed by atoms with Crippen molar-refractivity contribution in [1.82, 2.24) is 20.2 Å². The smallest absolute Gasteiger partial charge is 0.247 e. The summed E-state index contributed by atoms with van der Waals surface area (Å²) in [5, 5.41) is 9.55. The lowest BCUT2D eigenvalue weighted by molar-refractivity contribution is -0.120. The van der Waals surface area contributed by atoms with Gasteiger partial charge in [0.05, 0.1) is 5.52 Å². The maximum absolute atomic E-state index is 12.1. The third-order valence-corrected chi connectivity index (χ3v) is 8.44. The molecule has 0 radical (unpaired) electrons. The van der Waals surface area contributed by atoms with Crippen LogP contribution in [0.2, 0.25) is 0 Å². The van der Waals surface area contributed by atoms with Crippen LogP contribution < -0.4 is 21.7 Å². The zero-order chi connectivity index (χ0) is 38.9. The number of amides is 3. The fourth-order valence-corrected chi connectivity index (χ4v) is 5.62. The van der Waals surface area contributed by atoms with E-state index < -0.39 is 0 Å². The number of rotatable bonds is 10. The number of nitrogens with zero attached hydrogens (tertiary/aromatic N) is 4. The molecule has 54 heavy (non-hydrogen) atoms. The molecular weight excluding hydrogens is 677 g/mol. The zero-order valence-corrected chi connectivity index (χ0v) is 31.1. The van der Waals surface area contributed by atoms with Gasteiger partial charge in [-0.15, -0.1) is 0 Å². The van der Waals surface area contributed by atoms with Crippen LogP contribution in [0.15, 0.2) is 128 Å². The molecule has 4 aromatic carbocycles. The van der Waals surface area contributed by atoms with Crippen molar-refractivity contribution < 1.29 is 14.4 Å². The second-order valence-corrected chi connectivity index (χ2v) is 12.3. The molecule has 0 unspecified atom stereocenters. The molecule has 1 aliphatic rings. The Morgan fingerprint density at radius 1 is 0.833 bits per heavy atom. The van der Waals surface area contributed by atoms with Gasteiger partial charge in [0, 0.05) is 46.5 Å². The Bertz CT molecular complexity index is 2100. The molecule has 2 heterocycles. The molecule has 1 saturated heterocycles. The lowest BCUT2D eigenvalue weighted by Gasteiger charge is -2.29. The Morgan fingerprint density at radius 2 is 1.41 bits per heavy atom. The number of fused-ring (bicyclic) bond motifs is 1. The molecule has 1 aromatic heterocycles. The van der Waals surface area contributed by atoms with Crippen LogP contribution in [0.25, 0.3) is 33.2 Å². The zero-order valence-electron chi connectivity index (χ0n) is 31.1. The highest BCUT2D eigenvalue weighted by Gasteiger charge is 2.18. The Morgan fingerprint density at radius 3 is 2.00 bits per heavy atom. The summed E-state index contributed by atoms with van der Waals surface area (Å²) in [7, 11) is 2.09. The van der Waals surface area contributed by atoms with E-state index in [9.17, 15) is 14.4 Å². The monoisotopic (exact) mass is 724 g/mol. The Labute approximate surface area is 317 Å². The second kappa shape index (κ2) is 20.5. The standard InChI is InChI=1S/C24H29N5O2.C17H13N3O.C2H6/c1-3-23(30)28-21-6-4-5-17(13-21)18-7-8-19(22(25)14-18)15-26-16-24(31)27-20-9-11-29(2)12-10-20;1-2-17(21)20-15-5-3-4-12(8-15)13-6-7-14-10-18-11-19-16(14)9-13;1-2/h3-8,13-15,20H,1,9-12,16,25H2,2H3,(H,27,31)(H,28,30);2-11H,1H2,(H,20,21);1-2H3. The summed E-state index contributed by atoms with van der Waals surface area (Å²) in [6, 6.07) is 27.0. The van der Waals surface area contributed by atoms with E-state index in [1.807, 2.05) is 98.8 Å². The molecule has 6 rings (SSSR count). The Kier molecular flexibility index (Phi) is 15.3. The van der Waals surface area contributed by atoms with Crippen molar-refractivity contribution in [2.75, 3.05) is 43.0 Å². The Balaban J connectivity index is 0.000000245. The van der Waals surface area contributed by atoms with E-state index in [0.29, 0.717) is 11.4 Å². The summed E-state index contributed by atoms with van der Waals surface area (Å²) in [5.41, 5.74) is 13.7. The number of hydrogen-bond donors (Lipinski definition) is 4. The molecule has 0 aliphatic carbocycles. The van der Waals surface area contributed by atoms with Crippen LogP contribution in [0.1, 0.15) is 32.3 Å². The van der Waals surface area contributed by atoms with E-state index in [2.05, 4.69) is 56.0 Å². The van der Waals surface area contributed by atoms with E-state index >= 15 is 0 Å². The summed E-state index contributed by atoms with van der Waals surface area (Å²) in [6.07, 6.45) is 9.37. The third-order valence-electron chi connectivity index (χ3n) is 8.44. The van der Waals surface area contributed by atoms with Gasteiger partial charge in [-0.05, 0) is 104 Å². The first-order valence-electron chi connectivity index (χ1n) is 17.9. The topological polar surface area (TPSA) is 155 Å². The maximum atomic E-state index is 12.1. The van der Waals surface area contributed by atoms with Crippen molar-refractivity contribution in [3.8, 4) is 22.3 Å². The van der Waals surface area contributed by atoms with Crippen LogP contribution in [0.4, 0.5) is 17.1 Å². The minimum atomic E-state index is -0.261. The molecular formula is C43H48N8O3. The van der Waals surface area contributed by atoms with Crippen molar-refractivity contribution in [2.45, 2.75) is 32.7 Å². The molecule has 3 amide bonds. The molecule has 0 bridgehead atoms. The lowest BCUT2D eigenvalue weighted by Crippen LogP contribution is -2.44. The SMILES string of the molecule is C=CC(=O)Nc1cccc(-c2ccc(C=NCC(=O)NC3CCN(C)CC3)c(N)c2)c1.C=CC(=O)Nc1cccc(-c2ccc3cncnc3c2)c1.CC. The lowest BCUT2D eigenvalue weighted by atomic mass is 10.0. The molecule has 1 fully saturated rings. The Hall–Kier alpha value is -6.46. The van der Waals surface area contributed by atoms with Gasteiger partial charge >= 0.3 is 0 Å². The number of benzene rings is 4. The minimum Gasteiger partial charge on any atom is -0.398 e. The number of nitrogens with two attached hydrogens (primary N) is 1. The number of aromatic nitrogens is 2. The normalized spacial score (nSPS) is 12.7. The van der Waals surface area contributed by atoms with E-state index in [1.165, 1.54) is 18.5 Å². The number of nitrogens with one attached hydrogen (secondary N) is 3. The molecule has 11 heteroatoms. The fraction of sp³-hybridized carbons (Fsp3) is 0.209. The number of nitrogen functional groups attached to an aromatic ring is 1. The first-order valence-corrected chi connectivity index (χ1v) is 17.9. The number of aliphatic imine (C=N–C) groups is 1. The minimum absolute atomic E-state index is 0.0700. The van der Waals surface area contributed by atoms with Crippen molar-refractivity contribution >= 4 is 51.9 Å². The van der Waals surface area contributed by atoms with Gasteiger partial charge < -0.3 is 26.6 Å². The van der Waals surface area contributed by atoms with Crippen LogP contribution in [0, 0.1) is 0 Å². The second-order valence-electron chi connectivity index (χ2n) is 12.3. The number of carbonyl (C=O) groups excluding carboxylic acids is 3. The number of anilines is 3.